The maximum Gasteiger partial charge on any atom is 0.195 e. The van der Waals surface area contributed by atoms with Gasteiger partial charge in [-0.25, -0.2) is 0 Å². The molecule has 0 unspecified atom stereocenters. The first-order valence-electron chi connectivity index (χ1n) is 4.12. The molecule has 0 N–H and O–H groups in total. The highest BCUT2D eigenvalue weighted by Gasteiger charge is 2.22. The van der Waals surface area contributed by atoms with E-state index in [1.54, 1.807) is 0 Å². The topological polar surface area (TPSA) is 31.4 Å². The second-order valence-corrected chi connectivity index (χ2v) is 3.38. The number of epoxide rings is 1. The highest BCUT2D eigenvalue weighted by molar-refractivity contribution is 5.79. The normalized spacial score (nSPS) is 20.2. The molecule has 1 aliphatic heterocycles. The summed E-state index contributed by atoms with van der Waals surface area (Å²) in [5.41, 5.74) is 0. The zero-order chi connectivity index (χ0) is 9.14. The highest BCUT2D eigenvalue weighted by Crippen LogP contribution is 2.08. The van der Waals surface area contributed by atoms with E-state index in [1.807, 2.05) is 38.0 Å². The van der Waals surface area contributed by atoms with E-state index in [4.69, 9.17) is 4.74 Å². The summed E-state index contributed by atoms with van der Waals surface area (Å²) >= 11 is 0. The first-order valence-corrected chi connectivity index (χ1v) is 4.12. The van der Waals surface area contributed by atoms with Crippen molar-refractivity contribution in [2.45, 2.75) is 6.10 Å². The lowest BCUT2D eigenvalue weighted by molar-refractivity contribution is 0.408. The Morgan fingerprint density at radius 2 is 1.83 bits per heavy atom. The smallest absolute Gasteiger partial charge is 0.195 e. The van der Waals surface area contributed by atoms with Crippen molar-refractivity contribution in [3.8, 4) is 0 Å². The fourth-order valence-corrected chi connectivity index (χ4v) is 1.04. The molecule has 1 aliphatic rings. The van der Waals surface area contributed by atoms with E-state index in [1.165, 1.54) is 0 Å². The summed E-state index contributed by atoms with van der Waals surface area (Å²) in [7, 11) is 7.97. The van der Waals surface area contributed by atoms with Crippen LogP contribution in [0, 0.1) is 0 Å². The molecule has 0 bridgehead atoms. The van der Waals surface area contributed by atoms with Gasteiger partial charge in [-0.3, -0.25) is 4.99 Å². The van der Waals surface area contributed by atoms with Gasteiger partial charge in [-0.15, -0.1) is 0 Å². The van der Waals surface area contributed by atoms with Crippen molar-refractivity contribution in [3.63, 3.8) is 0 Å². The summed E-state index contributed by atoms with van der Waals surface area (Å²) in [6, 6.07) is 0. The lowest BCUT2D eigenvalue weighted by Crippen LogP contribution is -2.35. The molecule has 0 amide bonds. The van der Waals surface area contributed by atoms with Gasteiger partial charge in [0.2, 0.25) is 0 Å². The number of hydrogen-bond donors (Lipinski definition) is 0. The molecule has 0 saturated carbocycles. The second kappa shape index (κ2) is 3.76. The van der Waals surface area contributed by atoms with E-state index in [-0.39, 0.29) is 0 Å². The van der Waals surface area contributed by atoms with Crippen molar-refractivity contribution in [2.75, 3.05) is 41.3 Å². The summed E-state index contributed by atoms with van der Waals surface area (Å²) in [5, 5.41) is 0. The van der Waals surface area contributed by atoms with E-state index in [2.05, 4.69) is 4.99 Å². The molecule has 1 rings (SSSR count). The Morgan fingerprint density at radius 1 is 1.33 bits per heavy atom. The molecular formula is C8H17N3O. The molecule has 4 heteroatoms. The minimum atomic E-state index is 0.375. The summed E-state index contributed by atoms with van der Waals surface area (Å²) in [6.07, 6.45) is 0.375. The first kappa shape index (κ1) is 9.32. The number of aliphatic imine (C=N–C) groups is 1. The SMILES string of the molecule is CN(C)C(=NC[C@H]1CO1)N(C)C. The Morgan fingerprint density at radius 3 is 2.17 bits per heavy atom. The molecule has 0 spiro atoms. The number of hydrogen-bond acceptors (Lipinski definition) is 2. The minimum Gasteiger partial charge on any atom is -0.371 e. The van der Waals surface area contributed by atoms with Crippen LogP contribution in [0.5, 0.6) is 0 Å². The largest absolute Gasteiger partial charge is 0.371 e. The Labute approximate surface area is 73.8 Å². The molecule has 0 radical (unpaired) electrons. The molecule has 1 saturated heterocycles. The van der Waals surface area contributed by atoms with Crippen LogP contribution in [0.15, 0.2) is 4.99 Å². The van der Waals surface area contributed by atoms with E-state index in [9.17, 15) is 0 Å². The fourth-order valence-electron chi connectivity index (χ4n) is 1.04. The molecule has 0 aliphatic carbocycles. The van der Waals surface area contributed by atoms with Crippen molar-refractivity contribution in [3.05, 3.63) is 0 Å². The van der Waals surface area contributed by atoms with Crippen LogP contribution in [0.4, 0.5) is 0 Å². The Balaban J connectivity index is 2.44. The molecule has 1 heterocycles. The van der Waals surface area contributed by atoms with Crippen LogP contribution in [-0.4, -0.2) is 63.2 Å². The van der Waals surface area contributed by atoms with Gasteiger partial charge in [0.1, 0.15) is 6.10 Å². The predicted molar refractivity (Wildman–Crippen MR) is 49.4 cm³/mol. The third-order valence-corrected chi connectivity index (χ3v) is 1.64. The fraction of sp³-hybridized carbons (Fsp3) is 0.875. The van der Waals surface area contributed by atoms with Gasteiger partial charge in [-0.05, 0) is 0 Å². The van der Waals surface area contributed by atoms with Gasteiger partial charge < -0.3 is 14.5 Å². The quantitative estimate of drug-likeness (QED) is 0.329. The minimum absolute atomic E-state index is 0.375. The van der Waals surface area contributed by atoms with Crippen LogP contribution in [-0.2, 0) is 4.74 Å². The van der Waals surface area contributed by atoms with Crippen LogP contribution >= 0.6 is 0 Å². The Kier molecular flexibility index (Phi) is 2.92. The zero-order valence-corrected chi connectivity index (χ0v) is 8.24. The van der Waals surface area contributed by atoms with Gasteiger partial charge in [-0.1, -0.05) is 0 Å². The maximum atomic E-state index is 5.07. The van der Waals surface area contributed by atoms with Crippen LogP contribution in [0.25, 0.3) is 0 Å². The van der Waals surface area contributed by atoms with Gasteiger partial charge >= 0.3 is 0 Å². The third-order valence-electron chi connectivity index (χ3n) is 1.64. The summed E-state index contributed by atoms with van der Waals surface area (Å²) in [6.45, 7) is 1.66. The van der Waals surface area contributed by atoms with Crippen molar-refractivity contribution in [1.82, 2.24) is 9.80 Å². The summed E-state index contributed by atoms with van der Waals surface area (Å²) in [5.74, 6) is 0.991. The molecule has 12 heavy (non-hydrogen) atoms. The van der Waals surface area contributed by atoms with Crippen molar-refractivity contribution in [2.24, 2.45) is 4.99 Å². The predicted octanol–water partition coefficient (Wildman–Crippen LogP) is -0.136. The average molecular weight is 171 g/mol. The molecule has 4 nitrogen and oxygen atoms in total. The van der Waals surface area contributed by atoms with E-state index >= 15 is 0 Å². The lowest BCUT2D eigenvalue weighted by atomic mass is 10.5. The number of rotatable bonds is 2. The zero-order valence-electron chi connectivity index (χ0n) is 8.24. The number of nitrogens with zero attached hydrogens (tertiary/aromatic N) is 3. The van der Waals surface area contributed by atoms with Gasteiger partial charge in [0.05, 0.1) is 13.2 Å². The van der Waals surface area contributed by atoms with Crippen molar-refractivity contribution < 1.29 is 4.74 Å². The second-order valence-electron chi connectivity index (χ2n) is 3.38. The Bertz CT molecular complexity index is 163. The van der Waals surface area contributed by atoms with Crippen LogP contribution in [0.3, 0.4) is 0 Å². The van der Waals surface area contributed by atoms with Crippen LogP contribution in [0.2, 0.25) is 0 Å². The monoisotopic (exact) mass is 171 g/mol. The Hall–Kier alpha value is -0.770. The van der Waals surface area contributed by atoms with Crippen LogP contribution in [0.1, 0.15) is 0 Å². The summed E-state index contributed by atoms with van der Waals surface area (Å²) < 4.78 is 5.07. The van der Waals surface area contributed by atoms with Gasteiger partial charge in [0, 0.05) is 28.2 Å². The third kappa shape index (κ3) is 2.70. The average Bonchev–Trinajstić information content (AvgIpc) is 2.69. The molecule has 70 valence electrons. The van der Waals surface area contributed by atoms with Gasteiger partial charge in [0.25, 0.3) is 0 Å². The van der Waals surface area contributed by atoms with E-state index in [0.29, 0.717) is 6.10 Å². The van der Waals surface area contributed by atoms with Gasteiger partial charge in [0.15, 0.2) is 5.96 Å². The molecule has 1 atom stereocenters. The van der Waals surface area contributed by atoms with Crippen molar-refractivity contribution in [1.29, 1.82) is 0 Å². The van der Waals surface area contributed by atoms with Crippen LogP contribution < -0.4 is 0 Å². The highest BCUT2D eigenvalue weighted by atomic mass is 16.6. The molecule has 0 aromatic carbocycles. The standard InChI is InChI=1S/C8H17N3O/c1-10(2)8(11(3)4)9-5-7-6-12-7/h7H,5-6H2,1-4H3/t7-/m0/s1. The number of ether oxygens (including phenoxy) is 1. The molecule has 1 fully saturated rings. The molecule has 0 aromatic heterocycles. The van der Waals surface area contributed by atoms with Gasteiger partial charge in [-0.2, -0.15) is 0 Å². The molecular weight excluding hydrogens is 154 g/mol. The summed E-state index contributed by atoms with van der Waals surface area (Å²) in [4.78, 5) is 8.43. The first-order chi connectivity index (χ1) is 5.61. The number of guanidine groups is 1. The van der Waals surface area contributed by atoms with Crippen molar-refractivity contribution >= 4 is 5.96 Å². The van der Waals surface area contributed by atoms with E-state index < -0.39 is 0 Å². The lowest BCUT2D eigenvalue weighted by Gasteiger charge is -2.22. The molecule has 0 aromatic rings. The maximum absolute atomic E-state index is 5.07. The van der Waals surface area contributed by atoms with E-state index in [0.717, 1.165) is 19.1 Å².